The number of aryl methyl sites for hydroxylation is 1. The third-order valence-corrected chi connectivity index (χ3v) is 6.29. The Bertz CT molecular complexity index is 878. The van der Waals surface area contributed by atoms with Crippen molar-refractivity contribution >= 4 is 29.7 Å². The van der Waals surface area contributed by atoms with Crippen molar-refractivity contribution in [3.8, 4) is 11.5 Å². The van der Waals surface area contributed by atoms with Gasteiger partial charge >= 0.3 is 12.3 Å². The van der Waals surface area contributed by atoms with E-state index in [2.05, 4.69) is 16.0 Å². The smallest absolute Gasteiger partial charge is 0.489 e. The van der Waals surface area contributed by atoms with Crippen molar-refractivity contribution < 1.29 is 32.5 Å². The van der Waals surface area contributed by atoms with Gasteiger partial charge in [0.1, 0.15) is 17.6 Å². The van der Waals surface area contributed by atoms with E-state index in [0.717, 1.165) is 28.3 Å². The molecule has 0 radical (unpaired) electrons. The van der Waals surface area contributed by atoms with Crippen molar-refractivity contribution in [1.82, 2.24) is 4.31 Å². The second kappa shape index (κ2) is 12.3. The van der Waals surface area contributed by atoms with Crippen molar-refractivity contribution in [1.29, 1.82) is 0 Å². The minimum Gasteiger partial charge on any atom is -0.489 e. The molecule has 10 heteroatoms. The summed E-state index contributed by atoms with van der Waals surface area (Å²) < 4.78 is 49.0. The topological polar surface area (TPSA) is 59.0 Å². The molecule has 0 spiro atoms. The molecule has 0 unspecified atom stereocenters. The van der Waals surface area contributed by atoms with Crippen molar-refractivity contribution in [2.45, 2.75) is 49.4 Å². The number of rotatable bonds is 12. The van der Waals surface area contributed by atoms with Crippen molar-refractivity contribution in [2.75, 3.05) is 18.8 Å². The van der Waals surface area contributed by atoms with Gasteiger partial charge < -0.3 is 14.6 Å². The number of carbonyl (C=O) groups is 1. The summed E-state index contributed by atoms with van der Waals surface area (Å²) in [5.74, 6) is -0.408. The molecule has 5 nitrogen and oxygen atoms in total. The summed E-state index contributed by atoms with van der Waals surface area (Å²) >= 11 is 2.72. The van der Waals surface area contributed by atoms with Crippen LogP contribution in [0.3, 0.4) is 0 Å². The van der Waals surface area contributed by atoms with Gasteiger partial charge in [0.2, 0.25) is 0 Å². The Labute approximate surface area is 194 Å². The lowest BCUT2D eigenvalue weighted by Crippen LogP contribution is -2.30. The van der Waals surface area contributed by atoms with E-state index >= 15 is 0 Å². The molecule has 0 amide bonds. The Balaban J connectivity index is 1.94. The largest absolute Gasteiger partial charge is 0.573 e. The van der Waals surface area contributed by atoms with Gasteiger partial charge in [-0.05, 0) is 80.2 Å². The van der Waals surface area contributed by atoms with Gasteiger partial charge in [0.15, 0.2) is 0 Å². The molecule has 0 aromatic heterocycles. The second-order valence-electron chi connectivity index (χ2n) is 7.04. The first-order valence-corrected chi connectivity index (χ1v) is 11.7. The molecule has 0 saturated carbocycles. The molecule has 0 aliphatic rings. The van der Waals surface area contributed by atoms with Gasteiger partial charge in [-0.2, -0.15) is 0 Å². The van der Waals surface area contributed by atoms with Crippen LogP contribution in [-0.4, -0.2) is 46.7 Å². The highest BCUT2D eigenvalue weighted by Gasteiger charge is 2.31. The molecule has 2 aromatic rings. The average molecular weight is 490 g/mol. The molecular weight excluding hydrogens is 463 g/mol. The summed E-state index contributed by atoms with van der Waals surface area (Å²) in [5.41, 5.74) is 0.946. The maximum absolute atomic E-state index is 12.3. The Hall–Kier alpha value is -2.04. The number of ether oxygens (including phenoxy) is 2. The van der Waals surface area contributed by atoms with E-state index in [0.29, 0.717) is 12.3 Å². The number of thioether (sulfide) groups is 1. The van der Waals surface area contributed by atoms with Crippen LogP contribution >= 0.6 is 23.7 Å². The van der Waals surface area contributed by atoms with Crippen LogP contribution in [0.1, 0.15) is 25.8 Å². The number of carboxylic acids is 1. The standard InChI is InChI=1S/C22H26F3NO4S2/c1-4-11-26(32-19-8-5-17(6-9-19)30-22(23,24)25)13-16(3)29-18-7-10-20(15(2)12-18)31-14-21(27)28/h5-10,12,16H,4,11,13-14H2,1-3H3,(H,27,28)/t16-/m1/s1. The lowest BCUT2D eigenvalue weighted by Gasteiger charge is -2.25. The number of hydrogen-bond acceptors (Lipinski definition) is 6. The SMILES string of the molecule is CCCN(C[C@@H](C)Oc1ccc(SCC(=O)O)c(C)c1)Sc1ccc(OC(F)(F)F)cc1. The Morgan fingerprint density at radius 2 is 1.81 bits per heavy atom. The van der Waals surface area contributed by atoms with Crippen LogP contribution < -0.4 is 9.47 Å². The molecule has 32 heavy (non-hydrogen) atoms. The summed E-state index contributed by atoms with van der Waals surface area (Å²) in [4.78, 5) is 12.4. The fourth-order valence-electron chi connectivity index (χ4n) is 2.83. The van der Waals surface area contributed by atoms with Crippen LogP contribution in [-0.2, 0) is 4.79 Å². The fourth-order valence-corrected chi connectivity index (χ4v) is 4.67. The summed E-state index contributed by atoms with van der Waals surface area (Å²) in [6.45, 7) is 7.30. The molecule has 2 rings (SSSR count). The number of halogens is 3. The highest BCUT2D eigenvalue weighted by Crippen LogP contribution is 2.29. The van der Waals surface area contributed by atoms with Gasteiger partial charge in [-0.25, -0.2) is 4.31 Å². The zero-order valence-electron chi connectivity index (χ0n) is 18.0. The van der Waals surface area contributed by atoms with Gasteiger partial charge in [0.05, 0.1) is 5.75 Å². The number of aliphatic carboxylic acids is 1. The van der Waals surface area contributed by atoms with Crippen LogP contribution in [0.25, 0.3) is 0 Å². The highest BCUT2D eigenvalue weighted by molar-refractivity contribution is 8.00. The first-order chi connectivity index (χ1) is 15.1. The third kappa shape index (κ3) is 9.62. The first kappa shape index (κ1) is 26.2. The molecule has 0 aliphatic carbocycles. The minimum absolute atomic E-state index is 0.00393. The number of nitrogens with zero attached hydrogens (tertiary/aromatic N) is 1. The molecule has 176 valence electrons. The zero-order valence-corrected chi connectivity index (χ0v) is 19.6. The van der Waals surface area contributed by atoms with E-state index in [9.17, 15) is 18.0 Å². The maximum atomic E-state index is 12.3. The van der Waals surface area contributed by atoms with E-state index in [1.807, 2.05) is 32.0 Å². The monoisotopic (exact) mass is 489 g/mol. The van der Waals surface area contributed by atoms with E-state index in [-0.39, 0.29) is 17.6 Å². The van der Waals surface area contributed by atoms with E-state index in [1.165, 1.54) is 35.8 Å². The molecule has 0 bridgehead atoms. The summed E-state index contributed by atoms with van der Waals surface area (Å²) in [6.07, 6.45) is -3.94. The lowest BCUT2D eigenvalue weighted by atomic mass is 10.2. The summed E-state index contributed by atoms with van der Waals surface area (Å²) in [5, 5.41) is 8.83. The molecule has 1 N–H and O–H groups in total. The van der Waals surface area contributed by atoms with Crippen LogP contribution in [0.4, 0.5) is 13.2 Å². The van der Waals surface area contributed by atoms with Gasteiger partial charge in [-0.1, -0.05) is 6.92 Å². The van der Waals surface area contributed by atoms with E-state index < -0.39 is 12.3 Å². The summed E-state index contributed by atoms with van der Waals surface area (Å²) in [6, 6.07) is 11.3. The first-order valence-electron chi connectivity index (χ1n) is 9.96. The van der Waals surface area contributed by atoms with Crippen molar-refractivity contribution in [3.05, 3.63) is 48.0 Å². The molecule has 0 fully saturated rings. The Kier molecular flexibility index (Phi) is 10.0. The van der Waals surface area contributed by atoms with Gasteiger partial charge in [-0.15, -0.1) is 24.9 Å². The minimum atomic E-state index is -4.71. The second-order valence-corrected chi connectivity index (χ2v) is 9.22. The molecule has 2 aromatic carbocycles. The van der Waals surface area contributed by atoms with E-state index in [4.69, 9.17) is 9.84 Å². The molecule has 1 atom stereocenters. The molecule has 0 saturated heterocycles. The predicted octanol–water partition coefficient (Wildman–Crippen LogP) is 6.26. The number of carboxylic acid groups (broad SMARTS) is 1. The maximum Gasteiger partial charge on any atom is 0.573 e. The van der Waals surface area contributed by atoms with Crippen LogP contribution in [0.2, 0.25) is 0 Å². The van der Waals surface area contributed by atoms with Crippen molar-refractivity contribution in [2.24, 2.45) is 0 Å². The molecule has 0 heterocycles. The Morgan fingerprint density at radius 3 is 2.38 bits per heavy atom. The molecular formula is C22H26F3NO4S2. The average Bonchev–Trinajstić information content (AvgIpc) is 2.67. The fraction of sp³-hybridized carbons (Fsp3) is 0.409. The van der Waals surface area contributed by atoms with Crippen LogP contribution in [0.5, 0.6) is 11.5 Å². The number of hydrogen-bond donors (Lipinski definition) is 1. The van der Waals surface area contributed by atoms with E-state index in [1.54, 1.807) is 12.1 Å². The van der Waals surface area contributed by atoms with Gasteiger partial charge in [0.25, 0.3) is 0 Å². The molecule has 0 aliphatic heterocycles. The van der Waals surface area contributed by atoms with Gasteiger partial charge in [0, 0.05) is 22.9 Å². The number of alkyl halides is 3. The zero-order chi connectivity index (χ0) is 23.7. The lowest BCUT2D eigenvalue weighted by molar-refractivity contribution is -0.274. The van der Waals surface area contributed by atoms with Crippen LogP contribution in [0.15, 0.2) is 52.3 Å². The normalized spacial score (nSPS) is 12.6. The van der Waals surface area contributed by atoms with Gasteiger partial charge in [-0.3, -0.25) is 4.79 Å². The summed E-state index contributed by atoms with van der Waals surface area (Å²) in [7, 11) is 0. The number of benzene rings is 2. The Morgan fingerprint density at radius 1 is 1.16 bits per heavy atom. The van der Waals surface area contributed by atoms with Crippen LogP contribution in [0, 0.1) is 6.92 Å². The highest BCUT2D eigenvalue weighted by atomic mass is 32.2. The quantitative estimate of drug-likeness (QED) is 0.279. The third-order valence-electron chi connectivity index (χ3n) is 4.06. The predicted molar refractivity (Wildman–Crippen MR) is 120 cm³/mol. The van der Waals surface area contributed by atoms with Crippen molar-refractivity contribution in [3.63, 3.8) is 0 Å².